The van der Waals surface area contributed by atoms with Gasteiger partial charge in [0.15, 0.2) is 0 Å². The Labute approximate surface area is 92.4 Å². The van der Waals surface area contributed by atoms with Crippen molar-refractivity contribution >= 4 is 23.2 Å². The summed E-state index contributed by atoms with van der Waals surface area (Å²) in [5, 5.41) is 4.02. The smallest absolute Gasteiger partial charge is 0.305 e. The van der Waals surface area contributed by atoms with E-state index in [9.17, 15) is 4.79 Å². The highest BCUT2D eigenvalue weighted by Gasteiger charge is 2.04. The minimum Gasteiger partial charge on any atom is -0.469 e. The van der Waals surface area contributed by atoms with E-state index < -0.39 is 0 Å². The van der Waals surface area contributed by atoms with Crippen molar-refractivity contribution < 1.29 is 9.53 Å². The molecule has 0 saturated heterocycles. The molecule has 0 aliphatic rings. The molecule has 0 amide bonds. The predicted octanol–water partition coefficient (Wildman–Crippen LogP) is -0.134. The Morgan fingerprint density at radius 1 is 1.73 bits per heavy atom. The molecule has 82 valence electrons. The highest BCUT2D eigenvalue weighted by atomic mass is 32.1. The van der Waals surface area contributed by atoms with Crippen molar-refractivity contribution in [2.24, 2.45) is 5.73 Å². The molecular weight excluding hydrogens is 216 g/mol. The van der Waals surface area contributed by atoms with Gasteiger partial charge in [-0.3, -0.25) is 9.48 Å². The Bertz CT molecular complexity index is 363. The van der Waals surface area contributed by atoms with Gasteiger partial charge >= 0.3 is 5.97 Å². The van der Waals surface area contributed by atoms with Crippen LogP contribution in [0.1, 0.15) is 18.7 Å². The zero-order chi connectivity index (χ0) is 11.3. The lowest BCUT2D eigenvalue weighted by molar-refractivity contribution is -0.140. The van der Waals surface area contributed by atoms with Gasteiger partial charge in [-0.05, 0) is 6.42 Å². The number of rotatable bonds is 5. The molecule has 2 N–H and O–H groups in total. The number of thiocarbonyl (C=S) groups is 1. The van der Waals surface area contributed by atoms with Crippen LogP contribution in [0.25, 0.3) is 0 Å². The summed E-state index contributed by atoms with van der Waals surface area (Å²) in [6.45, 7) is 0.588. The monoisotopic (exact) mass is 228 g/mol. The largest absolute Gasteiger partial charge is 0.469 e. The van der Waals surface area contributed by atoms with Gasteiger partial charge in [-0.1, -0.05) is 12.2 Å². The summed E-state index contributed by atoms with van der Waals surface area (Å²) in [6, 6.07) is 0. The van der Waals surface area contributed by atoms with Crippen molar-refractivity contribution in [2.45, 2.75) is 19.4 Å². The molecule has 1 heterocycles. The molecule has 0 saturated carbocycles. The molecular formula is C8H12N4O2S. The molecule has 6 nitrogen and oxygen atoms in total. The van der Waals surface area contributed by atoms with Gasteiger partial charge in [0.25, 0.3) is 0 Å². The standard InChI is InChI=1S/C8H12N4O2S/c1-14-6(13)3-2-4-12-5-10-8(11-12)7(9)15/h5H,2-4H2,1H3,(H2,9,15). The van der Waals surface area contributed by atoms with Crippen molar-refractivity contribution in [1.82, 2.24) is 14.8 Å². The molecule has 0 aliphatic carbocycles. The first-order valence-corrected chi connectivity index (χ1v) is 4.80. The number of hydrogen-bond acceptors (Lipinski definition) is 5. The second kappa shape index (κ2) is 5.40. The molecule has 0 radical (unpaired) electrons. The maximum Gasteiger partial charge on any atom is 0.305 e. The van der Waals surface area contributed by atoms with Crippen LogP contribution in [0, 0.1) is 0 Å². The van der Waals surface area contributed by atoms with Crippen LogP contribution in [0.2, 0.25) is 0 Å². The Morgan fingerprint density at radius 3 is 3.00 bits per heavy atom. The lowest BCUT2D eigenvalue weighted by Gasteiger charge is -1.99. The maximum absolute atomic E-state index is 10.8. The molecule has 0 spiro atoms. The maximum atomic E-state index is 10.8. The van der Waals surface area contributed by atoms with E-state index in [2.05, 4.69) is 14.8 Å². The summed E-state index contributed by atoms with van der Waals surface area (Å²) >= 11 is 4.71. The average Bonchev–Trinajstić information content (AvgIpc) is 2.66. The first-order chi connectivity index (χ1) is 7.13. The minimum atomic E-state index is -0.232. The van der Waals surface area contributed by atoms with Crippen LogP contribution in [-0.4, -0.2) is 32.8 Å². The molecule has 0 bridgehead atoms. The quantitative estimate of drug-likeness (QED) is 0.558. The summed E-state index contributed by atoms with van der Waals surface area (Å²) in [4.78, 5) is 14.9. The molecule has 1 rings (SSSR count). The third-order valence-corrected chi connectivity index (χ3v) is 1.94. The topological polar surface area (TPSA) is 83.0 Å². The number of aryl methyl sites for hydroxylation is 1. The van der Waals surface area contributed by atoms with Crippen LogP contribution in [0.4, 0.5) is 0 Å². The molecule has 0 fully saturated rings. The number of nitrogens with zero attached hydrogens (tertiary/aromatic N) is 3. The number of carbonyl (C=O) groups excluding carboxylic acids is 1. The van der Waals surface area contributed by atoms with Crippen LogP contribution in [-0.2, 0) is 16.1 Å². The number of methoxy groups -OCH3 is 1. The van der Waals surface area contributed by atoms with E-state index in [0.717, 1.165) is 0 Å². The van der Waals surface area contributed by atoms with Gasteiger partial charge in [-0.15, -0.1) is 5.10 Å². The summed E-state index contributed by atoms with van der Waals surface area (Å²) in [6.07, 6.45) is 2.54. The first-order valence-electron chi connectivity index (χ1n) is 4.39. The zero-order valence-electron chi connectivity index (χ0n) is 8.34. The van der Waals surface area contributed by atoms with Gasteiger partial charge in [-0.25, -0.2) is 4.98 Å². The van der Waals surface area contributed by atoms with Crippen molar-refractivity contribution in [2.75, 3.05) is 7.11 Å². The van der Waals surface area contributed by atoms with Gasteiger partial charge in [0.1, 0.15) is 11.3 Å². The van der Waals surface area contributed by atoms with Crippen LogP contribution >= 0.6 is 12.2 Å². The fourth-order valence-corrected chi connectivity index (χ4v) is 1.10. The van der Waals surface area contributed by atoms with Gasteiger partial charge in [0.05, 0.1) is 7.11 Å². The van der Waals surface area contributed by atoms with Crippen LogP contribution in [0.15, 0.2) is 6.33 Å². The Kier molecular flexibility index (Phi) is 4.17. The highest BCUT2D eigenvalue weighted by molar-refractivity contribution is 7.80. The summed E-state index contributed by atoms with van der Waals surface area (Å²) in [5.74, 6) is 0.118. The fourth-order valence-electron chi connectivity index (χ4n) is 1.00. The first kappa shape index (κ1) is 11.6. The van der Waals surface area contributed by atoms with E-state index in [0.29, 0.717) is 25.2 Å². The number of ether oxygens (including phenoxy) is 1. The average molecular weight is 228 g/mol. The predicted molar refractivity (Wildman–Crippen MR) is 57.2 cm³/mol. The van der Waals surface area contributed by atoms with Gasteiger partial charge in [-0.2, -0.15) is 0 Å². The number of hydrogen-bond donors (Lipinski definition) is 1. The zero-order valence-corrected chi connectivity index (χ0v) is 9.16. The van der Waals surface area contributed by atoms with E-state index in [4.69, 9.17) is 18.0 Å². The molecule has 15 heavy (non-hydrogen) atoms. The van der Waals surface area contributed by atoms with E-state index in [1.165, 1.54) is 13.4 Å². The second-order valence-corrected chi connectivity index (χ2v) is 3.32. The summed E-state index contributed by atoms with van der Waals surface area (Å²) in [5.41, 5.74) is 5.34. The number of carbonyl (C=O) groups is 1. The number of esters is 1. The summed E-state index contributed by atoms with van der Waals surface area (Å²) in [7, 11) is 1.36. The number of nitrogens with two attached hydrogens (primary N) is 1. The molecule has 0 atom stereocenters. The van der Waals surface area contributed by atoms with Gasteiger partial charge in [0.2, 0.25) is 5.82 Å². The van der Waals surface area contributed by atoms with Crippen molar-refractivity contribution in [3.05, 3.63) is 12.2 Å². The highest BCUT2D eigenvalue weighted by Crippen LogP contribution is 1.96. The van der Waals surface area contributed by atoms with Crippen molar-refractivity contribution in [3.8, 4) is 0 Å². The Hall–Kier alpha value is -1.50. The second-order valence-electron chi connectivity index (χ2n) is 2.88. The third-order valence-electron chi connectivity index (χ3n) is 1.75. The Morgan fingerprint density at radius 2 is 2.47 bits per heavy atom. The van der Waals surface area contributed by atoms with Crippen LogP contribution in [0.5, 0.6) is 0 Å². The summed E-state index contributed by atoms with van der Waals surface area (Å²) < 4.78 is 6.10. The third kappa shape index (κ3) is 3.62. The van der Waals surface area contributed by atoms with Gasteiger partial charge in [0, 0.05) is 13.0 Å². The minimum absolute atomic E-state index is 0.168. The molecule has 7 heteroatoms. The van der Waals surface area contributed by atoms with E-state index in [-0.39, 0.29) is 11.0 Å². The van der Waals surface area contributed by atoms with Crippen molar-refractivity contribution in [3.63, 3.8) is 0 Å². The van der Waals surface area contributed by atoms with E-state index in [1.807, 2.05) is 0 Å². The van der Waals surface area contributed by atoms with E-state index >= 15 is 0 Å². The normalized spacial score (nSPS) is 9.93. The molecule has 1 aromatic heterocycles. The Balaban J connectivity index is 2.38. The fraction of sp³-hybridized carbons (Fsp3) is 0.500. The lowest BCUT2D eigenvalue weighted by Crippen LogP contribution is -2.12. The molecule has 0 aliphatic heterocycles. The lowest BCUT2D eigenvalue weighted by atomic mass is 10.3. The molecule has 0 aromatic carbocycles. The van der Waals surface area contributed by atoms with Crippen LogP contribution < -0.4 is 5.73 Å². The van der Waals surface area contributed by atoms with Crippen molar-refractivity contribution in [1.29, 1.82) is 0 Å². The van der Waals surface area contributed by atoms with Gasteiger partial charge < -0.3 is 10.5 Å². The van der Waals surface area contributed by atoms with Crippen LogP contribution in [0.3, 0.4) is 0 Å². The number of aromatic nitrogens is 3. The molecule has 0 unspecified atom stereocenters. The van der Waals surface area contributed by atoms with E-state index in [1.54, 1.807) is 4.68 Å². The SMILES string of the molecule is COC(=O)CCCn1cnc(C(N)=S)n1. The molecule has 1 aromatic rings.